The molecule has 2 heterocycles. The first-order valence-electron chi connectivity index (χ1n) is 8.57. The molecule has 4 rings (SSSR count). The first-order valence-corrected chi connectivity index (χ1v) is 9.38. The molecule has 2 aromatic heterocycles. The predicted octanol–water partition coefficient (Wildman–Crippen LogP) is 2.38. The van der Waals surface area contributed by atoms with Gasteiger partial charge < -0.3 is 5.32 Å². The molecule has 9 heteroatoms. The van der Waals surface area contributed by atoms with E-state index in [1.165, 1.54) is 30.6 Å². The van der Waals surface area contributed by atoms with Crippen LogP contribution in [0.25, 0.3) is 0 Å². The second kappa shape index (κ2) is 6.54. The molecule has 0 spiro atoms. The van der Waals surface area contributed by atoms with Gasteiger partial charge in [-0.15, -0.1) is 15.3 Å². The molecule has 0 aromatic carbocycles. The van der Waals surface area contributed by atoms with Crippen molar-refractivity contribution in [2.24, 2.45) is 5.41 Å². The monoisotopic (exact) mass is 347 g/mol. The Labute approximate surface area is 144 Å². The first kappa shape index (κ1) is 15.6. The fourth-order valence-electron chi connectivity index (χ4n) is 3.57. The Bertz CT molecular complexity index is 689. The summed E-state index contributed by atoms with van der Waals surface area (Å²) < 4.78 is 1.74. The summed E-state index contributed by atoms with van der Waals surface area (Å²) in [7, 11) is 0. The number of carbonyl (C=O) groups is 1. The molecule has 2 fully saturated rings. The molecule has 2 saturated carbocycles. The lowest BCUT2D eigenvalue weighted by Gasteiger charge is -2.36. The van der Waals surface area contributed by atoms with Gasteiger partial charge in [0.25, 0.3) is 0 Å². The lowest BCUT2D eigenvalue weighted by atomic mass is 9.71. The van der Waals surface area contributed by atoms with E-state index in [-0.39, 0.29) is 11.3 Å². The maximum atomic E-state index is 12.6. The second-order valence-electron chi connectivity index (χ2n) is 7.01. The molecule has 1 N–H and O–H groups in total. The number of aromatic nitrogens is 6. The van der Waals surface area contributed by atoms with E-state index in [0.29, 0.717) is 24.0 Å². The van der Waals surface area contributed by atoms with E-state index < -0.39 is 0 Å². The number of nitrogens with one attached hydrogen (secondary N) is 1. The van der Waals surface area contributed by atoms with Crippen LogP contribution >= 0.6 is 11.3 Å². The highest BCUT2D eigenvalue weighted by molar-refractivity contribution is 7.15. The van der Waals surface area contributed by atoms with Gasteiger partial charge in [-0.05, 0) is 41.5 Å². The van der Waals surface area contributed by atoms with E-state index in [9.17, 15) is 4.79 Å². The number of amides is 1. The molecule has 0 aliphatic heterocycles. The average Bonchev–Trinajstić information content (AvgIpc) is 3.10. The smallest absolute Gasteiger partial charge is 0.226 e. The van der Waals surface area contributed by atoms with Crippen molar-refractivity contribution in [2.45, 2.75) is 63.8 Å². The molecule has 24 heavy (non-hydrogen) atoms. The van der Waals surface area contributed by atoms with Crippen LogP contribution in [0.2, 0.25) is 0 Å². The van der Waals surface area contributed by atoms with Gasteiger partial charge in [-0.1, -0.05) is 30.6 Å². The number of anilines is 1. The zero-order valence-electron chi connectivity index (χ0n) is 13.5. The molecule has 0 radical (unpaired) electrons. The Morgan fingerprint density at radius 3 is 2.83 bits per heavy atom. The van der Waals surface area contributed by atoms with Crippen molar-refractivity contribution in [1.82, 2.24) is 30.4 Å². The maximum Gasteiger partial charge on any atom is 0.226 e. The number of hydrogen-bond donors (Lipinski definition) is 1. The number of carbonyl (C=O) groups excluding carboxylic acids is 1. The van der Waals surface area contributed by atoms with Gasteiger partial charge in [-0.2, -0.15) is 0 Å². The largest absolute Gasteiger partial charge is 0.301 e. The molecule has 0 bridgehead atoms. The number of nitrogens with zero attached hydrogens (tertiary/aromatic N) is 6. The summed E-state index contributed by atoms with van der Waals surface area (Å²) in [5.41, 5.74) is -0.0677. The number of tetrazole rings is 1. The minimum absolute atomic E-state index is 0.0171. The van der Waals surface area contributed by atoms with Crippen molar-refractivity contribution in [3.8, 4) is 0 Å². The van der Waals surface area contributed by atoms with Crippen LogP contribution < -0.4 is 5.32 Å². The fraction of sp³-hybridized carbons (Fsp3) is 0.733. The van der Waals surface area contributed by atoms with Gasteiger partial charge in [0, 0.05) is 12.3 Å². The zero-order valence-corrected chi connectivity index (χ0v) is 14.3. The Hall–Kier alpha value is -1.90. The van der Waals surface area contributed by atoms with Gasteiger partial charge >= 0.3 is 0 Å². The van der Waals surface area contributed by atoms with E-state index in [1.807, 2.05) is 0 Å². The van der Waals surface area contributed by atoms with Gasteiger partial charge in [-0.25, -0.2) is 4.68 Å². The lowest BCUT2D eigenvalue weighted by Crippen LogP contribution is -2.34. The Kier molecular flexibility index (Phi) is 4.26. The second-order valence-corrected chi connectivity index (χ2v) is 8.02. The number of rotatable bonds is 6. The van der Waals surface area contributed by atoms with E-state index >= 15 is 0 Å². The van der Waals surface area contributed by atoms with Gasteiger partial charge in [0.05, 0.1) is 6.54 Å². The van der Waals surface area contributed by atoms with Gasteiger partial charge in [0.2, 0.25) is 11.0 Å². The molecular formula is C15H21N7OS. The van der Waals surface area contributed by atoms with Gasteiger partial charge in [0.1, 0.15) is 11.3 Å². The Morgan fingerprint density at radius 1 is 1.29 bits per heavy atom. The summed E-state index contributed by atoms with van der Waals surface area (Å²) in [5.74, 6) is 0.584. The molecule has 2 aromatic rings. The van der Waals surface area contributed by atoms with Crippen LogP contribution in [0.4, 0.5) is 5.13 Å². The molecule has 128 valence electrons. The molecule has 1 amide bonds. The Morgan fingerprint density at radius 2 is 2.12 bits per heavy atom. The quantitative estimate of drug-likeness (QED) is 0.861. The van der Waals surface area contributed by atoms with Crippen molar-refractivity contribution in [3.63, 3.8) is 0 Å². The Balaban J connectivity index is 1.41. The first-order chi connectivity index (χ1) is 11.7. The van der Waals surface area contributed by atoms with Gasteiger partial charge in [-0.3, -0.25) is 4.79 Å². The van der Waals surface area contributed by atoms with Crippen LogP contribution in [0.1, 0.15) is 62.3 Å². The SMILES string of the molecule is O=C(CC1(Cn2cnnn2)CCCCC1)Nc1nnc(C2CC2)s1. The van der Waals surface area contributed by atoms with E-state index in [2.05, 4.69) is 31.0 Å². The minimum Gasteiger partial charge on any atom is -0.301 e. The normalized spacial score (nSPS) is 20.0. The van der Waals surface area contributed by atoms with Crippen molar-refractivity contribution in [2.75, 3.05) is 5.32 Å². The van der Waals surface area contributed by atoms with Crippen molar-refractivity contribution < 1.29 is 4.79 Å². The highest BCUT2D eigenvalue weighted by Crippen LogP contribution is 2.43. The van der Waals surface area contributed by atoms with Crippen molar-refractivity contribution >= 4 is 22.4 Å². The van der Waals surface area contributed by atoms with Crippen molar-refractivity contribution in [1.29, 1.82) is 0 Å². The predicted molar refractivity (Wildman–Crippen MR) is 88.5 cm³/mol. The van der Waals surface area contributed by atoms with Crippen LogP contribution in [0.3, 0.4) is 0 Å². The summed E-state index contributed by atoms with van der Waals surface area (Å²) in [5, 5.41) is 24.3. The molecule has 0 atom stereocenters. The molecule has 8 nitrogen and oxygen atoms in total. The third-order valence-corrected chi connectivity index (χ3v) is 5.95. The molecule has 0 unspecified atom stereocenters. The zero-order chi connectivity index (χ0) is 16.4. The summed E-state index contributed by atoms with van der Waals surface area (Å²) in [6.07, 6.45) is 10.1. The number of hydrogen-bond acceptors (Lipinski definition) is 7. The van der Waals surface area contributed by atoms with Crippen LogP contribution in [0.15, 0.2) is 6.33 Å². The lowest BCUT2D eigenvalue weighted by molar-refractivity contribution is -0.119. The molecular weight excluding hydrogens is 326 g/mol. The standard InChI is InChI=1S/C15H21N7OS/c23-12(17-14-19-18-13(24-14)11-4-5-11)8-15(6-2-1-3-7-15)9-22-10-16-20-21-22/h10-11H,1-9H2,(H,17,19,23). The highest BCUT2D eigenvalue weighted by Gasteiger charge is 2.35. The van der Waals surface area contributed by atoms with Crippen molar-refractivity contribution in [3.05, 3.63) is 11.3 Å². The molecule has 2 aliphatic carbocycles. The summed E-state index contributed by atoms with van der Waals surface area (Å²) in [4.78, 5) is 12.6. The minimum atomic E-state index is -0.0677. The maximum absolute atomic E-state index is 12.6. The van der Waals surface area contributed by atoms with E-state index in [0.717, 1.165) is 30.7 Å². The third kappa shape index (κ3) is 3.61. The topological polar surface area (TPSA) is 98.5 Å². The van der Waals surface area contributed by atoms with Crippen LogP contribution in [-0.2, 0) is 11.3 Å². The van der Waals surface area contributed by atoms with Gasteiger partial charge in [0.15, 0.2) is 0 Å². The summed E-state index contributed by atoms with van der Waals surface area (Å²) >= 11 is 1.51. The molecule has 0 saturated heterocycles. The van der Waals surface area contributed by atoms with E-state index in [4.69, 9.17) is 0 Å². The van der Waals surface area contributed by atoms with Crippen LogP contribution in [0.5, 0.6) is 0 Å². The van der Waals surface area contributed by atoms with E-state index in [1.54, 1.807) is 11.0 Å². The third-order valence-electron chi connectivity index (χ3n) is 4.95. The highest BCUT2D eigenvalue weighted by atomic mass is 32.1. The summed E-state index contributed by atoms with van der Waals surface area (Å²) in [6, 6.07) is 0. The van der Waals surface area contributed by atoms with Crippen LogP contribution in [-0.4, -0.2) is 36.3 Å². The average molecular weight is 347 g/mol. The van der Waals surface area contributed by atoms with Crippen LogP contribution in [0, 0.1) is 5.41 Å². The summed E-state index contributed by atoms with van der Waals surface area (Å²) in [6.45, 7) is 0.691. The molecule has 2 aliphatic rings. The fourth-order valence-corrected chi connectivity index (χ4v) is 4.50.